The molecule has 2 aromatic carbocycles. The Labute approximate surface area is 151 Å². The number of ether oxygens (including phenoxy) is 2. The van der Waals surface area contributed by atoms with Gasteiger partial charge in [0.15, 0.2) is 6.10 Å². The molecule has 26 heavy (non-hydrogen) atoms. The number of carbonyl (C=O) groups excluding carboxylic acids is 3. The second-order valence-corrected chi connectivity index (χ2v) is 5.47. The number of benzene rings is 2. The molecule has 0 heterocycles. The Hall–Kier alpha value is -3.35. The molecule has 0 unspecified atom stereocenters. The zero-order valence-electron chi connectivity index (χ0n) is 14.5. The van der Waals surface area contributed by atoms with Crippen LogP contribution in [0.3, 0.4) is 0 Å². The summed E-state index contributed by atoms with van der Waals surface area (Å²) in [5.74, 6) is -0.954. The lowest BCUT2D eigenvalue weighted by atomic mass is 10.1. The topological polar surface area (TPSA) is 93.7 Å². The first-order valence-corrected chi connectivity index (χ1v) is 7.97. The van der Waals surface area contributed by atoms with Gasteiger partial charge < -0.3 is 9.47 Å². The molecule has 0 radical (unpaired) electrons. The average molecular weight is 356 g/mol. The molecule has 7 heteroatoms. The highest BCUT2D eigenvalue weighted by molar-refractivity contribution is 5.95. The van der Waals surface area contributed by atoms with Gasteiger partial charge in [0.05, 0.1) is 13.5 Å². The minimum absolute atomic E-state index is 0.0258. The molecule has 0 aliphatic heterocycles. The van der Waals surface area contributed by atoms with Crippen molar-refractivity contribution in [2.24, 2.45) is 0 Å². The highest BCUT2D eigenvalue weighted by atomic mass is 16.5. The van der Waals surface area contributed by atoms with Crippen LogP contribution in [0.2, 0.25) is 0 Å². The Morgan fingerprint density at radius 3 is 2.23 bits per heavy atom. The number of carbonyl (C=O) groups is 3. The van der Waals surface area contributed by atoms with E-state index in [1.54, 1.807) is 61.7 Å². The molecule has 0 spiro atoms. The van der Waals surface area contributed by atoms with Gasteiger partial charge in [-0.2, -0.15) is 0 Å². The third-order valence-electron chi connectivity index (χ3n) is 3.52. The molecule has 0 fully saturated rings. The summed E-state index contributed by atoms with van der Waals surface area (Å²) in [7, 11) is 1.56. The van der Waals surface area contributed by atoms with Crippen LogP contribution >= 0.6 is 0 Å². The van der Waals surface area contributed by atoms with Crippen LogP contribution in [0.5, 0.6) is 5.75 Å². The summed E-state index contributed by atoms with van der Waals surface area (Å²) >= 11 is 0. The van der Waals surface area contributed by atoms with E-state index in [0.29, 0.717) is 11.3 Å². The number of nitrogens with one attached hydrogen (secondary N) is 2. The summed E-state index contributed by atoms with van der Waals surface area (Å²) in [6.07, 6.45) is -1.02. The number of hydrogen-bond acceptors (Lipinski definition) is 5. The molecular weight excluding hydrogens is 336 g/mol. The van der Waals surface area contributed by atoms with Gasteiger partial charge in [-0.15, -0.1) is 0 Å². The predicted molar refractivity (Wildman–Crippen MR) is 94.3 cm³/mol. The van der Waals surface area contributed by atoms with Crippen molar-refractivity contribution in [2.75, 3.05) is 7.11 Å². The van der Waals surface area contributed by atoms with E-state index in [-0.39, 0.29) is 6.42 Å². The van der Waals surface area contributed by atoms with Crippen molar-refractivity contribution in [3.8, 4) is 5.75 Å². The molecule has 0 aromatic heterocycles. The molecular formula is C19H20N2O5. The number of hydrogen-bond donors (Lipinski definition) is 2. The Balaban J connectivity index is 1.78. The maximum absolute atomic E-state index is 11.9. The van der Waals surface area contributed by atoms with Gasteiger partial charge in [-0.25, -0.2) is 0 Å². The van der Waals surface area contributed by atoms with E-state index in [1.807, 2.05) is 0 Å². The number of amides is 2. The van der Waals surface area contributed by atoms with E-state index in [1.165, 1.54) is 6.92 Å². The fraction of sp³-hybridized carbons (Fsp3) is 0.211. The van der Waals surface area contributed by atoms with Gasteiger partial charge in [0.2, 0.25) is 0 Å². The van der Waals surface area contributed by atoms with Gasteiger partial charge in [0, 0.05) is 5.56 Å². The van der Waals surface area contributed by atoms with Crippen molar-refractivity contribution in [3.63, 3.8) is 0 Å². The van der Waals surface area contributed by atoms with Crippen LogP contribution < -0.4 is 15.6 Å². The first kappa shape index (κ1) is 19.0. The maximum atomic E-state index is 11.9. The maximum Gasteiger partial charge on any atom is 0.311 e. The van der Waals surface area contributed by atoms with Crippen LogP contribution in [0, 0.1) is 0 Å². The second kappa shape index (κ2) is 9.22. The Morgan fingerprint density at radius 1 is 0.962 bits per heavy atom. The van der Waals surface area contributed by atoms with Crippen molar-refractivity contribution in [1.29, 1.82) is 0 Å². The van der Waals surface area contributed by atoms with Crippen molar-refractivity contribution in [2.45, 2.75) is 19.4 Å². The monoisotopic (exact) mass is 356 g/mol. The second-order valence-electron chi connectivity index (χ2n) is 5.47. The smallest absolute Gasteiger partial charge is 0.311 e. The average Bonchev–Trinajstić information content (AvgIpc) is 2.66. The zero-order chi connectivity index (χ0) is 18.9. The Kier molecular flexibility index (Phi) is 6.73. The first-order chi connectivity index (χ1) is 12.5. The third kappa shape index (κ3) is 5.62. The van der Waals surface area contributed by atoms with E-state index < -0.39 is 23.9 Å². The minimum Gasteiger partial charge on any atom is -0.497 e. The van der Waals surface area contributed by atoms with Gasteiger partial charge in [0.1, 0.15) is 5.75 Å². The minimum atomic E-state index is -1.04. The fourth-order valence-electron chi connectivity index (χ4n) is 2.08. The van der Waals surface area contributed by atoms with Gasteiger partial charge in [-0.05, 0) is 36.8 Å². The highest BCUT2D eigenvalue weighted by Crippen LogP contribution is 2.12. The van der Waals surface area contributed by atoms with Gasteiger partial charge in [-0.1, -0.05) is 30.3 Å². The van der Waals surface area contributed by atoms with Crippen molar-refractivity contribution >= 4 is 17.8 Å². The molecule has 1 atom stereocenters. The molecule has 2 N–H and O–H groups in total. The summed E-state index contributed by atoms with van der Waals surface area (Å²) in [6, 6.07) is 15.4. The standard InChI is InChI=1S/C19H20N2O5/c1-13(18(23)20-21-19(24)15-6-4-3-5-7-15)26-17(22)12-14-8-10-16(25-2)11-9-14/h3-11,13H,12H2,1-2H3,(H,20,23)(H,21,24)/t13-/m1/s1. The summed E-state index contributed by atoms with van der Waals surface area (Å²) in [6.45, 7) is 1.43. The number of methoxy groups -OCH3 is 1. The van der Waals surface area contributed by atoms with Crippen LogP contribution in [0.15, 0.2) is 54.6 Å². The lowest BCUT2D eigenvalue weighted by molar-refractivity contribution is -0.154. The van der Waals surface area contributed by atoms with E-state index in [0.717, 1.165) is 5.56 Å². The lowest BCUT2D eigenvalue weighted by Gasteiger charge is -2.14. The fourth-order valence-corrected chi connectivity index (χ4v) is 2.08. The molecule has 0 bridgehead atoms. The van der Waals surface area contributed by atoms with E-state index in [4.69, 9.17) is 9.47 Å². The van der Waals surface area contributed by atoms with Gasteiger partial charge >= 0.3 is 5.97 Å². The van der Waals surface area contributed by atoms with Crippen LogP contribution in [0.25, 0.3) is 0 Å². The summed E-state index contributed by atoms with van der Waals surface area (Å²) in [4.78, 5) is 35.7. The molecule has 0 saturated heterocycles. The number of rotatable bonds is 6. The van der Waals surface area contributed by atoms with Gasteiger partial charge in [-0.3, -0.25) is 25.2 Å². The largest absolute Gasteiger partial charge is 0.497 e. The molecule has 0 aliphatic carbocycles. The van der Waals surface area contributed by atoms with Crippen molar-refractivity contribution in [3.05, 3.63) is 65.7 Å². The molecule has 0 saturated carbocycles. The third-order valence-corrected chi connectivity index (χ3v) is 3.52. The van der Waals surface area contributed by atoms with Crippen LogP contribution in [0.1, 0.15) is 22.8 Å². The zero-order valence-corrected chi connectivity index (χ0v) is 14.5. The van der Waals surface area contributed by atoms with Gasteiger partial charge in [0.25, 0.3) is 11.8 Å². The number of esters is 1. The lowest BCUT2D eigenvalue weighted by Crippen LogP contribution is -2.46. The molecule has 7 nitrogen and oxygen atoms in total. The molecule has 2 aromatic rings. The molecule has 0 aliphatic rings. The molecule has 2 rings (SSSR count). The van der Waals surface area contributed by atoms with E-state index in [9.17, 15) is 14.4 Å². The quantitative estimate of drug-likeness (QED) is 0.606. The first-order valence-electron chi connectivity index (χ1n) is 7.97. The normalized spacial score (nSPS) is 11.2. The summed E-state index contributed by atoms with van der Waals surface area (Å²) in [5, 5.41) is 0. The van der Waals surface area contributed by atoms with E-state index >= 15 is 0 Å². The van der Waals surface area contributed by atoms with Crippen molar-refractivity contribution in [1.82, 2.24) is 10.9 Å². The highest BCUT2D eigenvalue weighted by Gasteiger charge is 2.18. The van der Waals surface area contributed by atoms with Crippen molar-refractivity contribution < 1.29 is 23.9 Å². The van der Waals surface area contributed by atoms with Crippen LogP contribution in [-0.4, -0.2) is 31.0 Å². The summed E-state index contributed by atoms with van der Waals surface area (Å²) in [5.41, 5.74) is 5.64. The van der Waals surface area contributed by atoms with Crippen LogP contribution in [0.4, 0.5) is 0 Å². The Bertz CT molecular complexity index is 759. The predicted octanol–water partition coefficient (Wildman–Crippen LogP) is 1.63. The Morgan fingerprint density at radius 2 is 1.62 bits per heavy atom. The number of hydrazine groups is 1. The molecule has 136 valence electrons. The van der Waals surface area contributed by atoms with E-state index in [2.05, 4.69) is 10.9 Å². The molecule has 2 amide bonds. The SMILES string of the molecule is COc1ccc(CC(=O)O[C@H](C)C(=O)NNC(=O)c2ccccc2)cc1. The van der Waals surface area contributed by atoms with Crippen LogP contribution in [-0.2, 0) is 20.7 Å². The summed E-state index contributed by atoms with van der Waals surface area (Å²) < 4.78 is 10.1.